The van der Waals surface area contributed by atoms with Gasteiger partial charge in [0.2, 0.25) is 17.7 Å². The van der Waals surface area contributed by atoms with Gasteiger partial charge in [0, 0.05) is 24.9 Å². The van der Waals surface area contributed by atoms with Gasteiger partial charge in [0.1, 0.15) is 18.1 Å². The maximum absolute atomic E-state index is 12.7. The molecule has 0 saturated carbocycles. The summed E-state index contributed by atoms with van der Waals surface area (Å²) in [6.45, 7) is 1.65. The Morgan fingerprint density at radius 1 is 1.06 bits per heavy atom. The highest BCUT2D eigenvalue weighted by molar-refractivity contribution is 5.94. The van der Waals surface area contributed by atoms with Crippen LogP contribution in [0.2, 0.25) is 0 Å². The minimum absolute atomic E-state index is 0.0836. The van der Waals surface area contributed by atoms with E-state index in [0.717, 1.165) is 0 Å². The third kappa shape index (κ3) is 11.0. The first-order chi connectivity index (χ1) is 16.4. The molecule has 16 heteroatoms. The van der Waals surface area contributed by atoms with Crippen molar-refractivity contribution in [2.75, 3.05) is 6.54 Å². The highest BCUT2D eigenvalue weighted by Gasteiger charge is 2.30. The Labute approximate surface area is 200 Å². The van der Waals surface area contributed by atoms with Gasteiger partial charge in [-0.1, -0.05) is 0 Å². The number of hydrogen-bond acceptors (Lipinski definition) is 8. The summed E-state index contributed by atoms with van der Waals surface area (Å²) >= 11 is 0. The third-order valence-corrected chi connectivity index (χ3v) is 4.66. The number of hydrogen-bond donors (Lipinski definition) is 9. The maximum Gasteiger partial charge on any atom is 0.326 e. The number of guanidine groups is 1. The summed E-state index contributed by atoms with van der Waals surface area (Å²) in [5.41, 5.74) is 16.7. The lowest BCUT2D eigenvalue weighted by Gasteiger charge is -2.23. The molecule has 3 amide bonds. The molecule has 0 aliphatic rings. The number of nitrogens with zero attached hydrogens (tertiary/aromatic N) is 2. The lowest BCUT2D eigenvalue weighted by molar-refractivity contribution is -0.147. The van der Waals surface area contributed by atoms with Crippen LogP contribution in [-0.2, 0) is 30.4 Å². The molecule has 0 aliphatic heterocycles. The van der Waals surface area contributed by atoms with Crippen LogP contribution in [0.1, 0.15) is 31.9 Å². The SMILES string of the molecule is CC(NC(=O)C(N)CCCN=C(N)N)C(=O)NC(Cc1cnc[nH]1)C(=O)NC(CC(=O)O)C(=O)O. The predicted molar refractivity (Wildman–Crippen MR) is 122 cm³/mol. The number of aromatic nitrogens is 2. The van der Waals surface area contributed by atoms with Gasteiger partial charge in [-0.05, 0) is 19.8 Å². The molecule has 1 rings (SSSR count). The van der Waals surface area contributed by atoms with Crippen molar-refractivity contribution in [2.45, 2.75) is 56.8 Å². The van der Waals surface area contributed by atoms with Crippen molar-refractivity contribution >= 4 is 35.6 Å². The zero-order valence-corrected chi connectivity index (χ0v) is 19.1. The Kier molecular flexibility index (Phi) is 11.6. The number of imidazole rings is 1. The first kappa shape index (κ1) is 28.8. The van der Waals surface area contributed by atoms with Gasteiger partial charge in [-0.25, -0.2) is 9.78 Å². The third-order valence-electron chi connectivity index (χ3n) is 4.66. The van der Waals surface area contributed by atoms with Gasteiger partial charge in [-0.3, -0.25) is 24.2 Å². The molecule has 0 aliphatic carbocycles. The summed E-state index contributed by atoms with van der Waals surface area (Å²) < 4.78 is 0. The predicted octanol–water partition coefficient (Wildman–Crippen LogP) is -3.63. The van der Waals surface area contributed by atoms with Gasteiger partial charge < -0.3 is 48.3 Å². The number of carbonyl (C=O) groups excluding carboxylic acids is 3. The van der Waals surface area contributed by atoms with Gasteiger partial charge in [0.05, 0.1) is 18.8 Å². The molecule has 1 aromatic rings. The number of carboxylic acid groups (broad SMARTS) is 2. The van der Waals surface area contributed by atoms with E-state index >= 15 is 0 Å². The number of aliphatic carboxylic acids is 2. The zero-order valence-electron chi connectivity index (χ0n) is 19.1. The molecule has 4 unspecified atom stereocenters. The van der Waals surface area contributed by atoms with E-state index in [1.165, 1.54) is 19.4 Å². The van der Waals surface area contributed by atoms with Crippen molar-refractivity contribution in [3.63, 3.8) is 0 Å². The minimum atomic E-state index is -1.71. The lowest BCUT2D eigenvalue weighted by atomic mass is 10.1. The van der Waals surface area contributed by atoms with E-state index in [1.807, 2.05) is 0 Å². The first-order valence-electron chi connectivity index (χ1n) is 10.5. The van der Waals surface area contributed by atoms with Crippen molar-refractivity contribution in [1.29, 1.82) is 0 Å². The van der Waals surface area contributed by atoms with Crippen molar-refractivity contribution in [3.05, 3.63) is 18.2 Å². The van der Waals surface area contributed by atoms with Crippen LogP contribution in [0.5, 0.6) is 0 Å². The van der Waals surface area contributed by atoms with E-state index in [4.69, 9.17) is 22.3 Å². The Bertz CT molecular complexity index is 916. The lowest BCUT2D eigenvalue weighted by Crippen LogP contribution is -2.57. The number of rotatable bonds is 15. The fourth-order valence-electron chi connectivity index (χ4n) is 2.81. The molecule has 1 heterocycles. The second-order valence-corrected chi connectivity index (χ2v) is 7.63. The van der Waals surface area contributed by atoms with E-state index in [-0.39, 0.29) is 25.3 Å². The molecule has 0 bridgehead atoms. The molecular formula is C19H31N9O7. The van der Waals surface area contributed by atoms with E-state index in [0.29, 0.717) is 12.1 Å². The number of carboxylic acids is 2. The van der Waals surface area contributed by atoms with Crippen LogP contribution in [0.15, 0.2) is 17.5 Å². The summed E-state index contributed by atoms with van der Waals surface area (Å²) in [7, 11) is 0. The largest absolute Gasteiger partial charge is 0.481 e. The molecule has 0 fully saturated rings. The van der Waals surface area contributed by atoms with Crippen LogP contribution in [0.25, 0.3) is 0 Å². The summed E-state index contributed by atoms with van der Waals surface area (Å²) in [5.74, 6) is -5.37. The van der Waals surface area contributed by atoms with E-state index < -0.39 is 60.2 Å². The summed E-state index contributed by atoms with van der Waals surface area (Å²) in [5, 5.41) is 25.0. The Morgan fingerprint density at radius 2 is 1.71 bits per heavy atom. The van der Waals surface area contributed by atoms with Crippen molar-refractivity contribution < 1.29 is 34.2 Å². The number of carbonyl (C=O) groups is 5. The van der Waals surface area contributed by atoms with Gasteiger partial charge in [-0.2, -0.15) is 0 Å². The molecule has 0 radical (unpaired) electrons. The van der Waals surface area contributed by atoms with Crippen LogP contribution < -0.4 is 33.2 Å². The average Bonchev–Trinajstić information content (AvgIpc) is 3.27. The molecule has 4 atom stereocenters. The molecular weight excluding hydrogens is 466 g/mol. The summed E-state index contributed by atoms with van der Waals surface area (Å²) in [6.07, 6.45) is 2.45. The van der Waals surface area contributed by atoms with Gasteiger partial charge in [-0.15, -0.1) is 0 Å². The zero-order chi connectivity index (χ0) is 26.5. The Morgan fingerprint density at radius 3 is 2.26 bits per heavy atom. The number of amides is 3. The van der Waals surface area contributed by atoms with Crippen LogP contribution >= 0.6 is 0 Å². The molecule has 16 nitrogen and oxygen atoms in total. The monoisotopic (exact) mass is 497 g/mol. The average molecular weight is 498 g/mol. The van der Waals surface area contributed by atoms with E-state index in [1.54, 1.807) is 0 Å². The normalized spacial score (nSPS) is 14.0. The molecule has 12 N–H and O–H groups in total. The van der Waals surface area contributed by atoms with Crippen LogP contribution in [-0.4, -0.2) is 86.5 Å². The number of aromatic amines is 1. The topological polar surface area (TPSA) is 281 Å². The maximum atomic E-state index is 12.7. The van der Waals surface area contributed by atoms with Crippen LogP contribution in [0, 0.1) is 0 Å². The summed E-state index contributed by atoms with van der Waals surface area (Å²) in [6, 6.07) is -5.05. The first-order valence-corrected chi connectivity index (χ1v) is 10.5. The smallest absolute Gasteiger partial charge is 0.326 e. The minimum Gasteiger partial charge on any atom is -0.481 e. The van der Waals surface area contributed by atoms with Gasteiger partial charge >= 0.3 is 11.9 Å². The molecule has 194 valence electrons. The van der Waals surface area contributed by atoms with E-state index in [2.05, 4.69) is 30.9 Å². The van der Waals surface area contributed by atoms with Crippen LogP contribution in [0.3, 0.4) is 0 Å². The summed E-state index contributed by atoms with van der Waals surface area (Å²) in [4.78, 5) is 70.1. The Balaban J connectivity index is 2.79. The van der Waals surface area contributed by atoms with Crippen molar-refractivity contribution in [1.82, 2.24) is 25.9 Å². The molecule has 1 aromatic heterocycles. The second-order valence-electron chi connectivity index (χ2n) is 7.63. The van der Waals surface area contributed by atoms with Gasteiger partial charge in [0.15, 0.2) is 5.96 Å². The highest BCUT2D eigenvalue weighted by atomic mass is 16.4. The fourth-order valence-corrected chi connectivity index (χ4v) is 2.81. The van der Waals surface area contributed by atoms with Crippen molar-refractivity contribution in [2.24, 2.45) is 22.2 Å². The number of aliphatic imine (C=N–C) groups is 1. The molecule has 0 aromatic carbocycles. The number of nitrogens with two attached hydrogens (primary N) is 3. The standard InChI is InChI=1S/C19H31N9O7/c1-9(26-16(32)11(20)3-2-4-24-19(21)22)15(31)27-12(5-10-7-23-8-25-10)17(33)28-13(18(34)35)6-14(29)30/h7-9,11-13H,2-6,20H2,1H3,(H,23,25)(H,26,32)(H,27,31)(H,28,33)(H,29,30)(H,34,35)(H4,21,22,24). The second kappa shape index (κ2) is 14.1. The van der Waals surface area contributed by atoms with Crippen LogP contribution in [0.4, 0.5) is 0 Å². The quantitative estimate of drug-likeness (QED) is 0.0647. The number of nitrogens with one attached hydrogen (secondary N) is 4. The molecule has 35 heavy (non-hydrogen) atoms. The number of H-pyrrole nitrogens is 1. The van der Waals surface area contributed by atoms with E-state index in [9.17, 15) is 29.1 Å². The Hall–Kier alpha value is -4.21. The highest BCUT2D eigenvalue weighted by Crippen LogP contribution is 2.03. The molecule has 0 saturated heterocycles. The fraction of sp³-hybridized carbons (Fsp3) is 0.526. The van der Waals surface area contributed by atoms with Crippen molar-refractivity contribution in [3.8, 4) is 0 Å². The van der Waals surface area contributed by atoms with Gasteiger partial charge in [0.25, 0.3) is 0 Å². The molecule has 0 spiro atoms.